The van der Waals surface area contributed by atoms with E-state index >= 15 is 0 Å². The zero-order valence-electron chi connectivity index (χ0n) is 9.39. The molecule has 0 aromatic carbocycles. The van der Waals surface area contributed by atoms with Crippen LogP contribution in [0, 0.1) is 5.92 Å². The molecule has 1 N–H and O–H groups in total. The fourth-order valence-electron chi connectivity index (χ4n) is 2.09. The molecule has 0 radical (unpaired) electrons. The van der Waals surface area contributed by atoms with Gasteiger partial charge in [-0.25, -0.2) is 4.98 Å². The number of pyridine rings is 1. The second kappa shape index (κ2) is 4.51. The first-order chi connectivity index (χ1) is 7.68. The minimum absolute atomic E-state index is 0.0364. The van der Waals surface area contributed by atoms with E-state index in [1.165, 1.54) is 12.3 Å². The van der Waals surface area contributed by atoms with Gasteiger partial charge in [0.05, 0.1) is 0 Å². The predicted octanol–water partition coefficient (Wildman–Crippen LogP) is 1.66. The number of amides is 1. The fourth-order valence-corrected chi connectivity index (χ4v) is 2.09. The van der Waals surface area contributed by atoms with Gasteiger partial charge in [-0.3, -0.25) is 4.79 Å². The quantitative estimate of drug-likeness (QED) is 0.783. The van der Waals surface area contributed by atoms with E-state index < -0.39 is 0 Å². The second-order valence-corrected chi connectivity index (χ2v) is 4.37. The highest BCUT2D eigenvalue weighted by Gasteiger charge is 2.24. The molecule has 1 aromatic rings. The molecule has 1 aliphatic rings. The number of carbonyl (C=O) groups excluding carboxylic acids is 1. The molecule has 4 nitrogen and oxygen atoms in total. The first kappa shape index (κ1) is 10.9. The monoisotopic (exact) mass is 220 g/mol. The van der Waals surface area contributed by atoms with Gasteiger partial charge in [0.25, 0.3) is 5.91 Å². The number of piperidine rings is 1. The number of hydrogen-bond donors (Lipinski definition) is 1. The van der Waals surface area contributed by atoms with Crippen molar-refractivity contribution in [2.45, 2.75) is 19.8 Å². The van der Waals surface area contributed by atoms with E-state index in [1.807, 2.05) is 0 Å². The Hall–Kier alpha value is -1.58. The van der Waals surface area contributed by atoms with Crippen molar-refractivity contribution in [1.29, 1.82) is 0 Å². The van der Waals surface area contributed by atoms with Crippen molar-refractivity contribution in [3.8, 4) is 5.75 Å². The summed E-state index contributed by atoms with van der Waals surface area (Å²) < 4.78 is 0. The topological polar surface area (TPSA) is 53.4 Å². The van der Waals surface area contributed by atoms with Gasteiger partial charge in [0.2, 0.25) is 0 Å². The molecule has 2 rings (SSSR count). The Labute approximate surface area is 94.9 Å². The summed E-state index contributed by atoms with van der Waals surface area (Å²) in [4.78, 5) is 17.8. The third-order valence-corrected chi connectivity index (χ3v) is 2.93. The molecule has 0 bridgehead atoms. The summed E-state index contributed by atoms with van der Waals surface area (Å²) in [7, 11) is 0. The van der Waals surface area contributed by atoms with Crippen LogP contribution in [0.15, 0.2) is 18.3 Å². The van der Waals surface area contributed by atoms with Crippen LogP contribution in [0.4, 0.5) is 0 Å². The first-order valence-corrected chi connectivity index (χ1v) is 5.61. The summed E-state index contributed by atoms with van der Waals surface area (Å²) in [6.07, 6.45) is 3.72. The van der Waals surface area contributed by atoms with Gasteiger partial charge in [0.15, 0.2) is 5.69 Å². The molecule has 2 heterocycles. The minimum Gasteiger partial charge on any atom is -0.505 e. The molecular formula is C12H16N2O2. The van der Waals surface area contributed by atoms with Gasteiger partial charge in [-0.1, -0.05) is 6.92 Å². The van der Waals surface area contributed by atoms with Crippen LogP contribution in [0.2, 0.25) is 0 Å². The number of aromatic hydroxyl groups is 1. The Morgan fingerprint density at radius 3 is 3.12 bits per heavy atom. The Morgan fingerprint density at radius 1 is 1.62 bits per heavy atom. The summed E-state index contributed by atoms with van der Waals surface area (Å²) in [5, 5.41) is 9.57. The summed E-state index contributed by atoms with van der Waals surface area (Å²) in [6.45, 7) is 3.66. The Morgan fingerprint density at radius 2 is 2.44 bits per heavy atom. The zero-order valence-corrected chi connectivity index (χ0v) is 9.39. The highest BCUT2D eigenvalue weighted by molar-refractivity contribution is 5.94. The number of nitrogens with zero attached hydrogens (tertiary/aromatic N) is 2. The normalized spacial score (nSPS) is 20.8. The summed E-state index contributed by atoms with van der Waals surface area (Å²) >= 11 is 0. The van der Waals surface area contributed by atoms with Gasteiger partial charge in [0.1, 0.15) is 5.75 Å². The van der Waals surface area contributed by atoms with Crippen LogP contribution < -0.4 is 0 Å². The molecule has 1 aliphatic heterocycles. The van der Waals surface area contributed by atoms with Crippen LogP contribution >= 0.6 is 0 Å². The van der Waals surface area contributed by atoms with E-state index in [2.05, 4.69) is 11.9 Å². The largest absolute Gasteiger partial charge is 0.505 e. The molecule has 0 saturated carbocycles. The van der Waals surface area contributed by atoms with Crippen molar-refractivity contribution >= 4 is 5.91 Å². The van der Waals surface area contributed by atoms with Crippen molar-refractivity contribution in [2.24, 2.45) is 5.92 Å². The van der Waals surface area contributed by atoms with E-state index in [9.17, 15) is 9.90 Å². The average molecular weight is 220 g/mol. The van der Waals surface area contributed by atoms with Crippen LogP contribution in [0.25, 0.3) is 0 Å². The van der Waals surface area contributed by atoms with E-state index in [4.69, 9.17) is 0 Å². The van der Waals surface area contributed by atoms with E-state index in [-0.39, 0.29) is 17.4 Å². The fraction of sp³-hybridized carbons (Fsp3) is 0.500. The number of rotatable bonds is 1. The lowest BCUT2D eigenvalue weighted by atomic mass is 10.00. The lowest BCUT2D eigenvalue weighted by Crippen LogP contribution is -2.39. The van der Waals surface area contributed by atoms with Crippen molar-refractivity contribution in [2.75, 3.05) is 13.1 Å². The highest BCUT2D eigenvalue weighted by Crippen LogP contribution is 2.20. The van der Waals surface area contributed by atoms with E-state index in [0.29, 0.717) is 5.92 Å². The summed E-state index contributed by atoms with van der Waals surface area (Å²) in [5.41, 5.74) is 0.164. The Kier molecular flexibility index (Phi) is 3.08. The standard InChI is InChI=1S/C12H16N2O2/c1-9-4-3-7-14(8-9)12(16)11-10(15)5-2-6-13-11/h2,5-6,9,15H,3-4,7-8H2,1H3. The molecule has 1 atom stereocenters. The van der Waals surface area contributed by atoms with E-state index in [0.717, 1.165) is 25.9 Å². The number of carbonyl (C=O) groups is 1. The second-order valence-electron chi connectivity index (χ2n) is 4.37. The van der Waals surface area contributed by atoms with Crippen LogP contribution in [-0.4, -0.2) is 34.0 Å². The van der Waals surface area contributed by atoms with E-state index in [1.54, 1.807) is 11.0 Å². The number of likely N-dealkylation sites (tertiary alicyclic amines) is 1. The van der Waals surface area contributed by atoms with Crippen molar-refractivity contribution in [3.63, 3.8) is 0 Å². The maximum atomic E-state index is 12.1. The molecule has 1 unspecified atom stereocenters. The third kappa shape index (κ3) is 2.15. The molecule has 4 heteroatoms. The van der Waals surface area contributed by atoms with Crippen LogP contribution in [0.5, 0.6) is 5.75 Å². The molecule has 1 aromatic heterocycles. The van der Waals surface area contributed by atoms with Gasteiger partial charge in [-0.2, -0.15) is 0 Å². The first-order valence-electron chi connectivity index (χ1n) is 5.61. The zero-order chi connectivity index (χ0) is 11.5. The Bertz CT molecular complexity index is 392. The number of hydrogen-bond acceptors (Lipinski definition) is 3. The molecule has 1 fully saturated rings. The minimum atomic E-state index is -0.162. The molecule has 0 aliphatic carbocycles. The number of aromatic nitrogens is 1. The summed E-state index contributed by atoms with van der Waals surface area (Å²) in [5.74, 6) is 0.332. The highest BCUT2D eigenvalue weighted by atomic mass is 16.3. The van der Waals surface area contributed by atoms with Gasteiger partial charge >= 0.3 is 0 Å². The van der Waals surface area contributed by atoms with Crippen LogP contribution in [0.1, 0.15) is 30.3 Å². The smallest absolute Gasteiger partial charge is 0.276 e. The lowest BCUT2D eigenvalue weighted by Gasteiger charge is -2.30. The predicted molar refractivity (Wildman–Crippen MR) is 60.2 cm³/mol. The van der Waals surface area contributed by atoms with Gasteiger partial charge in [0, 0.05) is 19.3 Å². The van der Waals surface area contributed by atoms with Gasteiger partial charge < -0.3 is 10.0 Å². The van der Waals surface area contributed by atoms with Gasteiger partial charge in [-0.15, -0.1) is 0 Å². The molecule has 16 heavy (non-hydrogen) atoms. The Balaban J connectivity index is 2.16. The average Bonchev–Trinajstić information content (AvgIpc) is 2.29. The lowest BCUT2D eigenvalue weighted by molar-refractivity contribution is 0.0673. The molecule has 1 amide bonds. The molecular weight excluding hydrogens is 204 g/mol. The van der Waals surface area contributed by atoms with Gasteiger partial charge in [-0.05, 0) is 30.9 Å². The van der Waals surface area contributed by atoms with Crippen molar-refractivity contribution in [3.05, 3.63) is 24.0 Å². The molecule has 86 valence electrons. The van der Waals surface area contributed by atoms with Crippen molar-refractivity contribution < 1.29 is 9.90 Å². The van der Waals surface area contributed by atoms with Crippen LogP contribution in [0.3, 0.4) is 0 Å². The molecule has 1 saturated heterocycles. The van der Waals surface area contributed by atoms with Crippen molar-refractivity contribution in [1.82, 2.24) is 9.88 Å². The van der Waals surface area contributed by atoms with Crippen LogP contribution in [-0.2, 0) is 0 Å². The maximum absolute atomic E-state index is 12.1. The molecule has 0 spiro atoms. The maximum Gasteiger partial charge on any atom is 0.276 e. The third-order valence-electron chi connectivity index (χ3n) is 2.93. The summed E-state index contributed by atoms with van der Waals surface area (Å²) in [6, 6.07) is 3.11. The SMILES string of the molecule is CC1CCCN(C(=O)c2ncccc2O)C1.